The van der Waals surface area contributed by atoms with E-state index in [0.29, 0.717) is 38.6 Å². The summed E-state index contributed by atoms with van der Waals surface area (Å²) in [6.45, 7) is 2.22. The summed E-state index contributed by atoms with van der Waals surface area (Å²) in [7, 11) is 0. The number of nitrogens with zero attached hydrogens (tertiary/aromatic N) is 3. The van der Waals surface area contributed by atoms with Crippen LogP contribution in [0, 0.1) is 0 Å². The number of amides is 6. The highest BCUT2D eigenvalue weighted by molar-refractivity contribution is 5.97. The largest absolute Gasteiger partial charge is 0.481 e. The van der Waals surface area contributed by atoms with Crippen LogP contribution >= 0.6 is 0 Å². The Balaban J connectivity index is 6.39. The summed E-state index contributed by atoms with van der Waals surface area (Å²) in [5.41, 5.74) is 49.8. The zero-order valence-electron chi connectivity index (χ0n) is 37.7. The number of aliphatic imine (C=N–C) groups is 3. The van der Waals surface area contributed by atoms with Gasteiger partial charge in [0.1, 0.15) is 36.3 Å². The summed E-state index contributed by atoms with van der Waals surface area (Å²) in [5.74, 6) is -8.15. The number of nitrogens with one attached hydrogen (secondary N) is 6. The van der Waals surface area contributed by atoms with Crippen LogP contribution in [0.25, 0.3) is 0 Å². The first kappa shape index (κ1) is 59.4. The van der Waals surface area contributed by atoms with E-state index in [9.17, 15) is 43.5 Å². The van der Waals surface area contributed by atoms with E-state index in [1.807, 2.05) is 0 Å². The summed E-state index contributed by atoms with van der Waals surface area (Å²) < 4.78 is 0. The molecule has 0 aromatic carbocycles. The number of carbonyl (C=O) groups is 8. The lowest BCUT2D eigenvalue weighted by Crippen LogP contribution is -2.59. The van der Waals surface area contributed by atoms with Crippen LogP contribution in [0.5, 0.6) is 0 Å². The molecule has 376 valence electrons. The molecule has 0 spiro atoms. The first-order valence-electron chi connectivity index (χ1n) is 21.7. The van der Waals surface area contributed by atoms with Crippen LogP contribution in [0.2, 0.25) is 0 Å². The van der Waals surface area contributed by atoms with Gasteiger partial charge in [-0.3, -0.25) is 48.5 Å². The molecule has 28 heteroatoms. The standard InChI is InChI=1S/C38H74N18O10/c1-21(29(59)52-26(13-8-20-50-38(46)47)33(63)54-24(11-3-5-17-40)34(64)56-27(35(65)66)14-15-28(57)58)51-31(61)25(12-7-19-49-37(44)45)55-32(62)23(10-2-4-16-39)53-30(60)22(41)9-6-18-48-36(42)43/h21-27H,2-20,39-41H2,1H3,(H,51,61)(H,52,59)(H,53,60)(H,54,63)(H,55,62)(H,56,64)(H,57,58)(H,65,66)(H4,42,43,48)(H4,44,45,49)(H4,46,47,50)/t21-,22-,23-,24-,25-,26-,27+/m0/s1. The van der Waals surface area contributed by atoms with Gasteiger partial charge >= 0.3 is 11.9 Å². The van der Waals surface area contributed by atoms with Crippen LogP contribution < -0.4 is 83.5 Å². The minimum atomic E-state index is -1.58. The number of carbonyl (C=O) groups excluding carboxylic acids is 6. The van der Waals surface area contributed by atoms with Crippen molar-refractivity contribution in [3.05, 3.63) is 0 Å². The van der Waals surface area contributed by atoms with Gasteiger partial charge in [-0.2, -0.15) is 0 Å². The lowest BCUT2D eigenvalue weighted by Gasteiger charge is -2.27. The third kappa shape index (κ3) is 27.6. The zero-order valence-corrected chi connectivity index (χ0v) is 37.7. The van der Waals surface area contributed by atoms with Crippen molar-refractivity contribution in [3.8, 4) is 0 Å². The topological polar surface area (TPSA) is 520 Å². The molecule has 0 aromatic rings. The van der Waals surface area contributed by atoms with Crippen LogP contribution in [0.4, 0.5) is 0 Å². The summed E-state index contributed by atoms with van der Waals surface area (Å²) >= 11 is 0. The quantitative estimate of drug-likeness (QED) is 0.0158. The lowest BCUT2D eigenvalue weighted by atomic mass is 10.0. The van der Waals surface area contributed by atoms with Crippen molar-refractivity contribution in [1.29, 1.82) is 0 Å². The number of carboxylic acids is 2. The van der Waals surface area contributed by atoms with E-state index in [2.05, 4.69) is 46.9 Å². The van der Waals surface area contributed by atoms with Gasteiger partial charge in [-0.05, 0) is 103 Å². The molecule has 0 heterocycles. The predicted octanol–water partition coefficient (Wildman–Crippen LogP) is -6.39. The molecule has 0 aliphatic rings. The highest BCUT2D eigenvalue weighted by Crippen LogP contribution is 2.09. The van der Waals surface area contributed by atoms with Crippen molar-refractivity contribution in [1.82, 2.24) is 31.9 Å². The Hall–Kier alpha value is -6.55. The molecular weight excluding hydrogens is 869 g/mol. The second kappa shape index (κ2) is 33.9. The van der Waals surface area contributed by atoms with Crippen molar-refractivity contribution in [2.24, 2.45) is 66.6 Å². The van der Waals surface area contributed by atoms with Gasteiger partial charge in [0.05, 0.1) is 6.04 Å². The Morgan fingerprint density at radius 1 is 0.439 bits per heavy atom. The number of hydrogen-bond donors (Lipinski definition) is 17. The van der Waals surface area contributed by atoms with Gasteiger partial charge in [-0.1, -0.05) is 0 Å². The smallest absolute Gasteiger partial charge is 0.326 e. The fraction of sp³-hybridized carbons (Fsp3) is 0.711. The first-order valence-corrected chi connectivity index (χ1v) is 21.7. The molecule has 28 nitrogen and oxygen atoms in total. The molecule has 0 saturated carbocycles. The predicted molar refractivity (Wildman–Crippen MR) is 245 cm³/mol. The molecule has 0 unspecified atom stereocenters. The van der Waals surface area contributed by atoms with Crippen molar-refractivity contribution in [2.45, 2.75) is 139 Å². The number of guanidine groups is 3. The monoisotopic (exact) mass is 943 g/mol. The Morgan fingerprint density at radius 2 is 0.773 bits per heavy atom. The minimum absolute atomic E-state index is 0.00250. The molecule has 0 bridgehead atoms. The highest BCUT2D eigenvalue weighted by atomic mass is 16.4. The van der Waals surface area contributed by atoms with Crippen LogP contribution in [0.3, 0.4) is 0 Å². The lowest BCUT2D eigenvalue weighted by molar-refractivity contribution is -0.143. The van der Waals surface area contributed by atoms with E-state index in [1.54, 1.807) is 0 Å². The number of rotatable bonds is 36. The van der Waals surface area contributed by atoms with Crippen molar-refractivity contribution >= 4 is 65.3 Å². The fourth-order valence-electron chi connectivity index (χ4n) is 6.02. The molecule has 0 aliphatic carbocycles. The number of aliphatic carboxylic acids is 2. The van der Waals surface area contributed by atoms with Gasteiger partial charge < -0.3 is 93.7 Å². The SMILES string of the molecule is C[C@H](NC(=O)[C@H](CCCN=C(N)N)NC(=O)[C@H](CCCCN)NC(=O)[C@@H](N)CCCN=C(N)N)C(=O)N[C@@H](CCCN=C(N)N)C(=O)N[C@@H](CCCCN)C(=O)N[C@H](CCC(=O)O)C(=O)O. The first-order chi connectivity index (χ1) is 31.1. The molecule has 0 saturated heterocycles. The number of unbranched alkanes of at least 4 members (excludes halogenated alkanes) is 2. The van der Waals surface area contributed by atoms with Gasteiger partial charge in [0.15, 0.2) is 17.9 Å². The van der Waals surface area contributed by atoms with E-state index in [-0.39, 0.29) is 89.0 Å². The van der Waals surface area contributed by atoms with E-state index in [1.165, 1.54) is 6.92 Å². The van der Waals surface area contributed by atoms with Gasteiger partial charge in [-0.15, -0.1) is 0 Å². The Morgan fingerprint density at radius 3 is 1.14 bits per heavy atom. The van der Waals surface area contributed by atoms with E-state index in [4.69, 9.17) is 56.7 Å². The highest BCUT2D eigenvalue weighted by Gasteiger charge is 2.32. The second-order valence-corrected chi connectivity index (χ2v) is 15.3. The fourth-order valence-corrected chi connectivity index (χ4v) is 6.02. The molecule has 26 N–H and O–H groups in total. The summed E-state index contributed by atoms with van der Waals surface area (Å²) in [4.78, 5) is 116. The van der Waals surface area contributed by atoms with Crippen molar-refractivity contribution < 1.29 is 48.6 Å². The van der Waals surface area contributed by atoms with Gasteiger partial charge in [0, 0.05) is 26.1 Å². The Kier molecular flexibility index (Phi) is 30.5. The molecule has 0 aromatic heterocycles. The van der Waals surface area contributed by atoms with Crippen molar-refractivity contribution in [3.63, 3.8) is 0 Å². The van der Waals surface area contributed by atoms with E-state index in [0.717, 1.165) is 0 Å². The van der Waals surface area contributed by atoms with Crippen LogP contribution in [0.1, 0.15) is 96.8 Å². The summed E-state index contributed by atoms with van der Waals surface area (Å²) in [6.07, 6.45) is 1.67. The maximum Gasteiger partial charge on any atom is 0.326 e. The average Bonchev–Trinajstić information content (AvgIpc) is 3.24. The summed E-state index contributed by atoms with van der Waals surface area (Å²) in [5, 5.41) is 33.8. The third-order valence-electron chi connectivity index (χ3n) is 9.63. The van der Waals surface area contributed by atoms with Gasteiger partial charge in [-0.25, -0.2) is 4.79 Å². The normalized spacial score (nSPS) is 13.9. The van der Waals surface area contributed by atoms with E-state index >= 15 is 0 Å². The Bertz CT molecular complexity index is 1650. The molecule has 0 radical (unpaired) electrons. The number of hydrogen-bond acceptors (Lipinski definition) is 14. The molecule has 0 fully saturated rings. The zero-order chi connectivity index (χ0) is 50.2. The molecule has 0 rings (SSSR count). The van der Waals surface area contributed by atoms with Crippen LogP contribution in [-0.4, -0.2) is 150 Å². The second-order valence-electron chi connectivity index (χ2n) is 15.3. The molecule has 0 aliphatic heterocycles. The van der Waals surface area contributed by atoms with Crippen LogP contribution in [0.15, 0.2) is 15.0 Å². The minimum Gasteiger partial charge on any atom is -0.481 e. The Labute approximate surface area is 383 Å². The maximum atomic E-state index is 13.8. The van der Waals surface area contributed by atoms with Crippen molar-refractivity contribution in [2.75, 3.05) is 32.7 Å². The summed E-state index contributed by atoms with van der Waals surface area (Å²) in [6, 6.07) is -9.05. The molecule has 66 heavy (non-hydrogen) atoms. The van der Waals surface area contributed by atoms with Gasteiger partial charge in [0.25, 0.3) is 0 Å². The van der Waals surface area contributed by atoms with E-state index < -0.39 is 103 Å². The molecular formula is C38H74N18O10. The molecule has 7 atom stereocenters. The average molecular weight is 943 g/mol. The molecule has 6 amide bonds. The third-order valence-corrected chi connectivity index (χ3v) is 9.63. The van der Waals surface area contributed by atoms with Crippen LogP contribution in [-0.2, 0) is 38.4 Å². The number of nitrogens with two attached hydrogens (primary N) is 9. The maximum absolute atomic E-state index is 13.8. The van der Waals surface area contributed by atoms with Gasteiger partial charge in [0.2, 0.25) is 35.4 Å². The number of carboxylic acid groups (broad SMARTS) is 2.